The first kappa shape index (κ1) is 29.8. The lowest BCUT2D eigenvalue weighted by atomic mass is 9.81. The van der Waals surface area contributed by atoms with Crippen LogP contribution >= 0.6 is 0 Å². The van der Waals surface area contributed by atoms with Crippen molar-refractivity contribution >= 4 is 21.8 Å². The van der Waals surface area contributed by atoms with Gasteiger partial charge in [0.25, 0.3) is 11.1 Å². The largest absolute Gasteiger partial charge is 0.507 e. The molecular formula is C41H34N2O4. The quantitative estimate of drug-likeness (QED) is 0.204. The number of hydrogen-bond acceptors (Lipinski definition) is 4. The first-order valence-corrected chi connectivity index (χ1v) is 15.6. The molecule has 0 unspecified atom stereocenters. The third kappa shape index (κ3) is 4.99. The van der Waals surface area contributed by atoms with E-state index in [1.54, 1.807) is 45.5 Å². The molecule has 2 N–H and O–H groups in total. The van der Waals surface area contributed by atoms with Gasteiger partial charge in [-0.1, -0.05) is 106 Å². The molecule has 2 aromatic heterocycles. The van der Waals surface area contributed by atoms with Gasteiger partial charge in [-0.15, -0.1) is 0 Å². The van der Waals surface area contributed by atoms with Crippen molar-refractivity contribution in [2.75, 3.05) is 0 Å². The Labute approximate surface area is 272 Å². The van der Waals surface area contributed by atoms with Crippen molar-refractivity contribution < 1.29 is 10.2 Å². The zero-order valence-electron chi connectivity index (χ0n) is 26.4. The van der Waals surface area contributed by atoms with E-state index in [-0.39, 0.29) is 28.0 Å². The van der Waals surface area contributed by atoms with Crippen molar-refractivity contribution in [3.63, 3.8) is 0 Å². The number of hydrogen-bond donors (Lipinski definition) is 2. The monoisotopic (exact) mass is 618 g/mol. The second-order valence-electron chi connectivity index (χ2n) is 12.8. The summed E-state index contributed by atoms with van der Waals surface area (Å²) in [6, 6.07) is 40.5. The van der Waals surface area contributed by atoms with E-state index in [2.05, 4.69) is 20.8 Å². The molecule has 0 saturated carbocycles. The molecule has 6 nitrogen and oxygen atoms in total. The van der Waals surface area contributed by atoms with E-state index in [1.165, 1.54) is 0 Å². The minimum absolute atomic E-state index is 0.00152. The zero-order chi connectivity index (χ0) is 32.9. The molecule has 0 aliphatic heterocycles. The SMILES string of the molecule is CC(C)(C)c1ccc(C(c2c(O)c3ccccc3n(-c3ccccc3)c2=O)c2c(O)c3ccccc3n(-c3ccccc3)c2=O)cc1. The van der Waals surface area contributed by atoms with E-state index < -0.39 is 17.0 Å². The molecule has 5 aromatic carbocycles. The van der Waals surface area contributed by atoms with Gasteiger partial charge < -0.3 is 10.2 Å². The molecular weight excluding hydrogens is 584 g/mol. The Morgan fingerprint density at radius 3 is 1.30 bits per heavy atom. The fraction of sp³-hybridized carbons (Fsp3) is 0.122. The summed E-state index contributed by atoms with van der Waals surface area (Å²) in [6.07, 6.45) is 0. The highest BCUT2D eigenvalue weighted by Gasteiger charge is 2.33. The number of rotatable bonds is 5. The number of para-hydroxylation sites is 4. The van der Waals surface area contributed by atoms with Crippen LogP contribution in [0.5, 0.6) is 11.5 Å². The molecule has 2 heterocycles. The Bertz CT molecular complexity index is 2240. The van der Waals surface area contributed by atoms with E-state index in [1.807, 2.05) is 97.1 Å². The van der Waals surface area contributed by atoms with Gasteiger partial charge >= 0.3 is 0 Å². The molecule has 0 radical (unpaired) electrons. The van der Waals surface area contributed by atoms with Gasteiger partial charge in [0, 0.05) is 22.1 Å². The first-order chi connectivity index (χ1) is 22.7. The molecule has 47 heavy (non-hydrogen) atoms. The Kier molecular flexibility index (Phi) is 7.28. The van der Waals surface area contributed by atoms with Crippen LogP contribution < -0.4 is 11.1 Å². The normalized spacial score (nSPS) is 11.8. The van der Waals surface area contributed by atoms with E-state index in [0.29, 0.717) is 38.7 Å². The van der Waals surface area contributed by atoms with Crippen LogP contribution in [0.3, 0.4) is 0 Å². The molecule has 0 aliphatic rings. The average Bonchev–Trinajstić information content (AvgIpc) is 3.08. The Hall–Kier alpha value is -5.88. The fourth-order valence-corrected chi connectivity index (χ4v) is 6.53. The molecule has 0 fully saturated rings. The predicted octanol–water partition coefficient (Wildman–Crippen LogP) is 8.18. The van der Waals surface area contributed by atoms with Crippen molar-refractivity contribution in [1.29, 1.82) is 0 Å². The third-order valence-electron chi connectivity index (χ3n) is 8.89. The Balaban J connectivity index is 1.65. The minimum Gasteiger partial charge on any atom is -0.507 e. The number of fused-ring (bicyclic) bond motifs is 2. The van der Waals surface area contributed by atoms with E-state index in [9.17, 15) is 19.8 Å². The summed E-state index contributed by atoms with van der Waals surface area (Å²) < 4.78 is 3.13. The highest BCUT2D eigenvalue weighted by molar-refractivity contribution is 5.90. The van der Waals surface area contributed by atoms with Crippen LogP contribution in [0.2, 0.25) is 0 Å². The van der Waals surface area contributed by atoms with Crippen LogP contribution in [0.25, 0.3) is 33.2 Å². The van der Waals surface area contributed by atoms with Crippen LogP contribution in [-0.2, 0) is 5.41 Å². The highest BCUT2D eigenvalue weighted by Crippen LogP contribution is 2.43. The van der Waals surface area contributed by atoms with Gasteiger partial charge in [0.05, 0.1) is 28.1 Å². The van der Waals surface area contributed by atoms with Gasteiger partial charge in [-0.3, -0.25) is 18.7 Å². The van der Waals surface area contributed by atoms with Crippen LogP contribution in [0.4, 0.5) is 0 Å². The molecule has 232 valence electrons. The van der Waals surface area contributed by atoms with Gasteiger partial charge in [0.15, 0.2) is 0 Å². The van der Waals surface area contributed by atoms with Gasteiger partial charge in [0.2, 0.25) is 0 Å². The van der Waals surface area contributed by atoms with E-state index in [4.69, 9.17) is 0 Å². The molecule has 0 amide bonds. The fourth-order valence-electron chi connectivity index (χ4n) is 6.53. The second kappa shape index (κ2) is 11.5. The van der Waals surface area contributed by atoms with Crippen molar-refractivity contribution in [1.82, 2.24) is 9.13 Å². The van der Waals surface area contributed by atoms with Crippen LogP contribution in [0.15, 0.2) is 143 Å². The lowest BCUT2D eigenvalue weighted by molar-refractivity contribution is 0.461. The maximum atomic E-state index is 14.9. The smallest absolute Gasteiger partial charge is 0.263 e. The number of pyridine rings is 2. The molecule has 0 saturated heterocycles. The molecule has 0 spiro atoms. The van der Waals surface area contributed by atoms with Gasteiger partial charge in [-0.2, -0.15) is 0 Å². The summed E-state index contributed by atoms with van der Waals surface area (Å²) in [6.45, 7) is 6.34. The highest BCUT2D eigenvalue weighted by atomic mass is 16.3. The van der Waals surface area contributed by atoms with E-state index >= 15 is 0 Å². The van der Waals surface area contributed by atoms with Crippen molar-refractivity contribution in [2.24, 2.45) is 0 Å². The van der Waals surface area contributed by atoms with Crippen LogP contribution in [-0.4, -0.2) is 19.3 Å². The number of aromatic hydroxyl groups is 2. The average molecular weight is 619 g/mol. The zero-order valence-corrected chi connectivity index (χ0v) is 26.4. The lowest BCUT2D eigenvalue weighted by Gasteiger charge is -2.25. The van der Waals surface area contributed by atoms with Crippen molar-refractivity contribution in [2.45, 2.75) is 32.1 Å². The summed E-state index contributed by atoms with van der Waals surface area (Å²) in [7, 11) is 0. The van der Waals surface area contributed by atoms with Crippen LogP contribution in [0, 0.1) is 0 Å². The Morgan fingerprint density at radius 2 is 0.894 bits per heavy atom. The molecule has 0 bridgehead atoms. The van der Waals surface area contributed by atoms with Gasteiger partial charge in [-0.25, -0.2) is 0 Å². The van der Waals surface area contributed by atoms with E-state index in [0.717, 1.165) is 5.56 Å². The van der Waals surface area contributed by atoms with Gasteiger partial charge in [-0.05, 0) is 65.1 Å². The lowest BCUT2D eigenvalue weighted by Crippen LogP contribution is -2.31. The summed E-state index contributed by atoms with van der Waals surface area (Å²) in [5.41, 5.74) is 2.79. The van der Waals surface area contributed by atoms with Crippen LogP contribution in [0.1, 0.15) is 48.9 Å². The molecule has 7 aromatic rings. The summed E-state index contributed by atoms with van der Waals surface area (Å²) in [5.74, 6) is -1.59. The minimum atomic E-state index is -1.12. The molecule has 7 rings (SSSR count). The number of benzene rings is 5. The summed E-state index contributed by atoms with van der Waals surface area (Å²) >= 11 is 0. The third-order valence-corrected chi connectivity index (χ3v) is 8.89. The van der Waals surface area contributed by atoms with Crippen molar-refractivity contribution in [3.05, 3.63) is 176 Å². The standard InChI is InChI=1S/C41H34N2O4/c1-41(2,3)27-24-22-26(23-25-27)34(35-37(44)30-18-10-12-20-32(30)42(39(35)46)28-14-6-4-7-15-28)36-38(45)31-19-11-13-21-33(31)43(40(36)47)29-16-8-5-9-17-29/h4-25,34,44-45H,1-3H3. The maximum Gasteiger partial charge on any atom is 0.263 e. The summed E-state index contributed by atoms with van der Waals surface area (Å²) in [5, 5.41) is 25.0. The maximum absolute atomic E-state index is 14.9. The molecule has 0 aliphatic carbocycles. The first-order valence-electron chi connectivity index (χ1n) is 15.6. The predicted molar refractivity (Wildman–Crippen MR) is 189 cm³/mol. The van der Waals surface area contributed by atoms with Crippen molar-refractivity contribution in [3.8, 4) is 22.9 Å². The second-order valence-corrected chi connectivity index (χ2v) is 12.8. The topological polar surface area (TPSA) is 84.5 Å². The number of aromatic nitrogens is 2. The molecule has 0 atom stereocenters. The number of nitrogens with zero attached hydrogens (tertiary/aromatic N) is 2. The summed E-state index contributed by atoms with van der Waals surface area (Å²) in [4.78, 5) is 29.7. The molecule has 6 heteroatoms. The van der Waals surface area contributed by atoms with Gasteiger partial charge in [0.1, 0.15) is 11.5 Å². The Morgan fingerprint density at radius 1 is 0.511 bits per heavy atom.